The largest absolute Gasteiger partial charge is 0.447 e. The Bertz CT molecular complexity index is 551. The number of hydrogen-bond acceptors (Lipinski definition) is 3. The van der Waals surface area contributed by atoms with Crippen LogP contribution < -0.4 is 0 Å². The molecule has 0 N–H and O–H groups in total. The molecule has 0 unspecified atom stereocenters. The summed E-state index contributed by atoms with van der Waals surface area (Å²) in [6.45, 7) is 4.30. The fourth-order valence-corrected chi connectivity index (χ4v) is 2.27. The van der Waals surface area contributed by atoms with E-state index in [1.807, 2.05) is 13.8 Å². The van der Waals surface area contributed by atoms with E-state index in [2.05, 4.69) is 0 Å². The van der Waals surface area contributed by atoms with Crippen LogP contribution in [0.15, 0.2) is 30.3 Å². The maximum absolute atomic E-state index is 12.8. The number of ether oxygens (including phenoxy) is 1. The molecule has 0 spiro atoms. The molecular formula is C16H18FNO3. The Morgan fingerprint density at radius 3 is 2.71 bits per heavy atom. The second kappa shape index (κ2) is 6.52. The number of benzene rings is 1. The lowest BCUT2D eigenvalue weighted by molar-refractivity contribution is -0.124. The molecule has 2 rings (SSSR count). The quantitative estimate of drug-likeness (QED) is 0.800. The standard InChI is InChI=1S/C16H18FNO3/c1-11(2)9-14-10-21-16(20)18(14)15(19)8-5-12-3-6-13(17)7-4-12/h3-8,11,14H,9-10H2,1-2H3/b8-5+/t14-/m0/s1. The van der Waals surface area contributed by atoms with Crippen LogP contribution in [0.25, 0.3) is 6.08 Å². The summed E-state index contributed by atoms with van der Waals surface area (Å²) in [5, 5.41) is 0. The number of carbonyl (C=O) groups is 2. The number of cyclic esters (lactones) is 1. The average Bonchev–Trinajstić information content (AvgIpc) is 2.78. The molecule has 21 heavy (non-hydrogen) atoms. The molecule has 1 atom stereocenters. The molecule has 0 bridgehead atoms. The summed E-state index contributed by atoms with van der Waals surface area (Å²) in [4.78, 5) is 25.0. The van der Waals surface area contributed by atoms with Gasteiger partial charge in [0.05, 0.1) is 6.04 Å². The molecule has 4 nitrogen and oxygen atoms in total. The van der Waals surface area contributed by atoms with Gasteiger partial charge < -0.3 is 4.74 Å². The first-order valence-corrected chi connectivity index (χ1v) is 6.91. The zero-order valence-electron chi connectivity index (χ0n) is 12.1. The molecule has 2 amide bonds. The van der Waals surface area contributed by atoms with Crippen molar-refractivity contribution in [2.24, 2.45) is 5.92 Å². The summed E-state index contributed by atoms with van der Waals surface area (Å²) >= 11 is 0. The lowest BCUT2D eigenvalue weighted by Gasteiger charge is -2.19. The van der Waals surface area contributed by atoms with E-state index in [9.17, 15) is 14.0 Å². The van der Waals surface area contributed by atoms with Gasteiger partial charge in [-0.15, -0.1) is 0 Å². The highest BCUT2D eigenvalue weighted by molar-refractivity contribution is 6.01. The third kappa shape index (κ3) is 3.90. The van der Waals surface area contributed by atoms with E-state index < -0.39 is 12.0 Å². The van der Waals surface area contributed by atoms with Crippen molar-refractivity contribution in [1.82, 2.24) is 4.90 Å². The highest BCUT2D eigenvalue weighted by atomic mass is 19.1. The zero-order valence-corrected chi connectivity index (χ0v) is 12.1. The fraction of sp³-hybridized carbons (Fsp3) is 0.375. The van der Waals surface area contributed by atoms with Gasteiger partial charge in [-0.3, -0.25) is 4.79 Å². The summed E-state index contributed by atoms with van der Waals surface area (Å²) in [7, 11) is 0. The second-order valence-corrected chi connectivity index (χ2v) is 5.45. The van der Waals surface area contributed by atoms with Crippen LogP contribution in [0.2, 0.25) is 0 Å². The molecule has 1 saturated heterocycles. The van der Waals surface area contributed by atoms with E-state index in [0.29, 0.717) is 17.9 Å². The molecule has 1 heterocycles. The Kier molecular flexibility index (Phi) is 4.73. The lowest BCUT2D eigenvalue weighted by Crippen LogP contribution is -2.38. The Morgan fingerprint density at radius 2 is 2.10 bits per heavy atom. The Balaban J connectivity index is 2.07. The monoisotopic (exact) mass is 291 g/mol. The summed E-state index contributed by atoms with van der Waals surface area (Å²) in [6, 6.07) is 5.54. The molecule has 0 saturated carbocycles. The summed E-state index contributed by atoms with van der Waals surface area (Å²) in [5.41, 5.74) is 0.692. The Morgan fingerprint density at radius 1 is 1.43 bits per heavy atom. The number of rotatable bonds is 4. The van der Waals surface area contributed by atoms with Crippen molar-refractivity contribution in [2.75, 3.05) is 6.61 Å². The Hall–Kier alpha value is -2.17. The van der Waals surface area contributed by atoms with Gasteiger partial charge in [0.15, 0.2) is 0 Å². The van der Waals surface area contributed by atoms with Gasteiger partial charge >= 0.3 is 6.09 Å². The topological polar surface area (TPSA) is 46.6 Å². The smallest absolute Gasteiger partial charge is 0.417 e. The van der Waals surface area contributed by atoms with Crippen molar-refractivity contribution in [1.29, 1.82) is 0 Å². The van der Waals surface area contributed by atoms with E-state index in [4.69, 9.17) is 4.74 Å². The van der Waals surface area contributed by atoms with Crippen LogP contribution in [0.3, 0.4) is 0 Å². The third-order valence-corrected chi connectivity index (χ3v) is 3.23. The van der Waals surface area contributed by atoms with Gasteiger partial charge in [-0.2, -0.15) is 0 Å². The molecule has 1 fully saturated rings. The van der Waals surface area contributed by atoms with Crippen LogP contribution in [0, 0.1) is 11.7 Å². The first kappa shape index (κ1) is 15.2. The molecule has 5 heteroatoms. The van der Waals surface area contributed by atoms with Crippen molar-refractivity contribution < 1.29 is 18.7 Å². The van der Waals surface area contributed by atoms with Crippen molar-refractivity contribution >= 4 is 18.1 Å². The van der Waals surface area contributed by atoms with Crippen LogP contribution >= 0.6 is 0 Å². The van der Waals surface area contributed by atoms with Gasteiger partial charge in [-0.1, -0.05) is 26.0 Å². The van der Waals surface area contributed by atoms with E-state index in [0.717, 1.165) is 4.90 Å². The van der Waals surface area contributed by atoms with Crippen molar-refractivity contribution in [2.45, 2.75) is 26.3 Å². The van der Waals surface area contributed by atoms with Gasteiger partial charge in [-0.25, -0.2) is 14.1 Å². The number of amides is 2. The van der Waals surface area contributed by atoms with E-state index in [-0.39, 0.29) is 18.5 Å². The highest BCUT2D eigenvalue weighted by Crippen LogP contribution is 2.20. The van der Waals surface area contributed by atoms with Crippen molar-refractivity contribution in [3.8, 4) is 0 Å². The minimum atomic E-state index is -0.602. The molecule has 1 aromatic rings. The predicted octanol–water partition coefficient (Wildman–Crippen LogP) is 3.23. The number of imide groups is 1. The zero-order chi connectivity index (χ0) is 15.4. The summed E-state index contributed by atoms with van der Waals surface area (Å²) in [6.07, 6.45) is 2.98. The molecule has 112 valence electrons. The maximum Gasteiger partial charge on any atom is 0.417 e. The van der Waals surface area contributed by atoms with Gasteiger partial charge in [0.2, 0.25) is 0 Å². The molecule has 1 aliphatic heterocycles. The van der Waals surface area contributed by atoms with Gasteiger partial charge in [-0.05, 0) is 36.1 Å². The van der Waals surface area contributed by atoms with E-state index in [1.165, 1.54) is 18.2 Å². The molecule has 0 aromatic heterocycles. The molecule has 0 aliphatic carbocycles. The minimum Gasteiger partial charge on any atom is -0.447 e. The van der Waals surface area contributed by atoms with Crippen LogP contribution in [-0.2, 0) is 9.53 Å². The number of nitrogens with zero attached hydrogens (tertiary/aromatic N) is 1. The first-order valence-electron chi connectivity index (χ1n) is 6.91. The first-order chi connectivity index (χ1) is 9.97. The second-order valence-electron chi connectivity index (χ2n) is 5.45. The van der Waals surface area contributed by atoms with Crippen molar-refractivity contribution in [3.63, 3.8) is 0 Å². The molecule has 0 radical (unpaired) electrons. The van der Waals surface area contributed by atoms with Gasteiger partial charge in [0.25, 0.3) is 5.91 Å². The normalized spacial score (nSPS) is 18.6. The van der Waals surface area contributed by atoms with Gasteiger partial charge in [0, 0.05) is 6.08 Å². The van der Waals surface area contributed by atoms with E-state index in [1.54, 1.807) is 18.2 Å². The minimum absolute atomic E-state index is 0.220. The predicted molar refractivity (Wildman–Crippen MR) is 76.9 cm³/mol. The molecule has 1 aromatic carbocycles. The average molecular weight is 291 g/mol. The lowest BCUT2D eigenvalue weighted by atomic mass is 10.0. The van der Waals surface area contributed by atoms with Crippen LogP contribution in [0.5, 0.6) is 0 Å². The number of carbonyl (C=O) groups excluding carboxylic acids is 2. The fourth-order valence-electron chi connectivity index (χ4n) is 2.27. The highest BCUT2D eigenvalue weighted by Gasteiger charge is 2.36. The van der Waals surface area contributed by atoms with Crippen LogP contribution in [-0.4, -0.2) is 29.5 Å². The third-order valence-electron chi connectivity index (χ3n) is 3.23. The van der Waals surface area contributed by atoms with E-state index >= 15 is 0 Å². The Labute approximate surface area is 123 Å². The molecule has 1 aliphatic rings. The van der Waals surface area contributed by atoms with Crippen molar-refractivity contribution in [3.05, 3.63) is 41.7 Å². The van der Waals surface area contributed by atoms with Crippen LogP contribution in [0.1, 0.15) is 25.8 Å². The summed E-state index contributed by atoms with van der Waals surface area (Å²) < 4.78 is 17.7. The number of hydrogen-bond donors (Lipinski definition) is 0. The SMILES string of the molecule is CC(C)C[C@H]1COC(=O)N1C(=O)/C=C/c1ccc(F)cc1. The van der Waals surface area contributed by atoms with Crippen LogP contribution in [0.4, 0.5) is 9.18 Å². The number of halogens is 1. The van der Waals surface area contributed by atoms with Gasteiger partial charge in [0.1, 0.15) is 12.4 Å². The summed E-state index contributed by atoms with van der Waals surface area (Å²) in [5.74, 6) is -0.382. The molecular weight excluding hydrogens is 273 g/mol. The maximum atomic E-state index is 12.8.